The van der Waals surface area contributed by atoms with E-state index in [9.17, 15) is 20.0 Å². The van der Waals surface area contributed by atoms with Gasteiger partial charge in [0.05, 0.1) is 35.2 Å². The Bertz CT molecular complexity index is 2840. The third kappa shape index (κ3) is 8.31. The third-order valence-corrected chi connectivity index (χ3v) is 13.1. The van der Waals surface area contributed by atoms with Crippen LogP contribution < -0.4 is 15.0 Å². The Morgan fingerprint density at radius 3 is 2.28 bits per heavy atom. The van der Waals surface area contributed by atoms with E-state index in [1.165, 1.54) is 30.3 Å². The monoisotopic (exact) mass is 912 g/mol. The summed E-state index contributed by atoms with van der Waals surface area (Å²) in [6.45, 7) is 3.26. The number of carbonyl (C=O) groups is 4. The lowest BCUT2D eigenvalue weighted by Crippen LogP contribution is -2.55. The predicted molar refractivity (Wildman–Crippen MR) is 251 cm³/mol. The largest absolute Gasteiger partial charge is 0.491 e. The number of hydrogen-bond acceptors (Lipinski definition) is 11. The summed E-state index contributed by atoms with van der Waals surface area (Å²) in [5.74, 6) is 3.28. The quantitative estimate of drug-likeness (QED) is 0.0406. The average Bonchev–Trinajstić information content (AvgIpc) is 3.83. The fourth-order valence-corrected chi connectivity index (χ4v) is 10.2. The van der Waals surface area contributed by atoms with E-state index < -0.39 is 64.4 Å². The highest BCUT2D eigenvalue weighted by molar-refractivity contribution is 6.23. The first kappa shape index (κ1) is 45.3. The second kappa shape index (κ2) is 19.5. The van der Waals surface area contributed by atoms with E-state index in [1.54, 1.807) is 42.5 Å². The molecule has 1 aliphatic carbocycles. The molecule has 14 nitrogen and oxygen atoms in total. The number of benzene rings is 5. The molecule has 344 valence electrons. The summed E-state index contributed by atoms with van der Waals surface area (Å²) in [6, 6.07) is 32.8. The molecule has 3 amide bonds. The molecular weight excluding hydrogens is 865 g/mol. The van der Waals surface area contributed by atoms with Gasteiger partial charge < -0.3 is 24.6 Å². The van der Waals surface area contributed by atoms with Gasteiger partial charge in [-0.3, -0.25) is 29.4 Å². The van der Waals surface area contributed by atoms with E-state index in [4.69, 9.17) is 14.2 Å². The smallest absolute Gasteiger partial charge is 0.421 e. The lowest BCUT2D eigenvalue weighted by atomic mass is 9.65. The van der Waals surface area contributed by atoms with Crippen molar-refractivity contribution in [3.63, 3.8) is 0 Å². The van der Waals surface area contributed by atoms with Crippen LogP contribution in [0.15, 0.2) is 152 Å². The van der Waals surface area contributed by atoms with Gasteiger partial charge in [-0.25, -0.2) is 9.69 Å². The highest BCUT2D eigenvalue weighted by Crippen LogP contribution is 2.66. The molecule has 0 unspecified atom stereocenters. The Hall–Kier alpha value is -7.86. The summed E-state index contributed by atoms with van der Waals surface area (Å²) in [7, 11) is 0. The van der Waals surface area contributed by atoms with Crippen LogP contribution >= 0.6 is 0 Å². The third-order valence-electron chi connectivity index (χ3n) is 13.1. The number of cyclic esters (lactones) is 1. The number of imide groups is 1. The SMILES string of the molecule is C=CCNC(=O)[C@H]1[C@@H]2C(=O)O[C@@H](c3ccccc3)[C@@H](c3ccccc3)N2[C@@H](c2ccc(OCCO)cc2)[C@]12C(=O)N(C(=O)OCc1ccc([N+](=O)[O-])cc1)c1ccc(C#CC3=CCCCC3)cc12. The number of nitrogens with zero attached hydrogens (tertiary/aromatic N) is 3. The number of nitro benzene ring substituents is 1. The molecule has 0 aromatic heterocycles. The van der Waals surface area contributed by atoms with E-state index in [0.29, 0.717) is 28.0 Å². The zero-order valence-electron chi connectivity index (χ0n) is 37.0. The van der Waals surface area contributed by atoms with Gasteiger partial charge in [0.25, 0.3) is 5.69 Å². The normalized spacial score (nSPS) is 22.8. The Morgan fingerprint density at radius 1 is 0.897 bits per heavy atom. The molecule has 9 rings (SSSR count). The Kier molecular flexibility index (Phi) is 13.0. The number of nitrogens with one attached hydrogen (secondary N) is 1. The number of nitro groups is 1. The molecule has 2 fully saturated rings. The minimum Gasteiger partial charge on any atom is -0.491 e. The van der Waals surface area contributed by atoms with Crippen molar-refractivity contribution in [3.05, 3.63) is 195 Å². The number of aliphatic hydroxyl groups excluding tert-OH is 1. The second-order valence-electron chi connectivity index (χ2n) is 17.0. The number of non-ortho nitro benzene ring substituents is 1. The molecule has 4 aliphatic rings. The van der Waals surface area contributed by atoms with Gasteiger partial charge in [-0.1, -0.05) is 96.8 Å². The lowest BCUT2D eigenvalue weighted by molar-refractivity contribution is -0.384. The van der Waals surface area contributed by atoms with Gasteiger partial charge >= 0.3 is 12.1 Å². The predicted octanol–water partition coefficient (Wildman–Crippen LogP) is 8.12. The molecular formula is C54H48N4O10. The number of amides is 3. The van der Waals surface area contributed by atoms with Gasteiger partial charge in [-0.15, -0.1) is 6.58 Å². The second-order valence-corrected chi connectivity index (χ2v) is 17.0. The molecule has 3 aliphatic heterocycles. The zero-order valence-corrected chi connectivity index (χ0v) is 37.0. The number of rotatable bonds is 12. The van der Waals surface area contributed by atoms with Gasteiger partial charge in [0.1, 0.15) is 36.5 Å². The van der Waals surface area contributed by atoms with Gasteiger partial charge in [-0.2, -0.15) is 0 Å². The first-order valence-electron chi connectivity index (χ1n) is 22.6. The van der Waals surface area contributed by atoms with Gasteiger partial charge in [-0.05, 0) is 102 Å². The van der Waals surface area contributed by atoms with Crippen molar-refractivity contribution in [3.8, 4) is 17.6 Å². The number of ether oxygens (including phenoxy) is 3. The van der Waals surface area contributed by atoms with E-state index in [0.717, 1.165) is 41.7 Å². The maximum absolute atomic E-state index is 16.4. The maximum atomic E-state index is 16.4. The highest BCUT2D eigenvalue weighted by atomic mass is 16.6. The molecule has 5 aromatic carbocycles. The van der Waals surface area contributed by atoms with Gasteiger partial charge in [0.15, 0.2) is 0 Å². The van der Waals surface area contributed by atoms with Crippen LogP contribution in [0.1, 0.15) is 77.3 Å². The van der Waals surface area contributed by atoms with Crippen molar-refractivity contribution >= 4 is 35.3 Å². The summed E-state index contributed by atoms with van der Waals surface area (Å²) in [6.07, 6.45) is 5.44. The number of fused-ring (bicyclic) bond motifs is 3. The summed E-state index contributed by atoms with van der Waals surface area (Å²) in [5.41, 5.74) is 2.05. The van der Waals surface area contributed by atoms with Gasteiger partial charge in [0.2, 0.25) is 11.8 Å². The van der Waals surface area contributed by atoms with Gasteiger partial charge in [0, 0.05) is 24.2 Å². The van der Waals surface area contributed by atoms with Crippen molar-refractivity contribution in [1.29, 1.82) is 0 Å². The van der Waals surface area contributed by atoms with Crippen LogP contribution in [0, 0.1) is 27.9 Å². The van der Waals surface area contributed by atoms with Crippen LogP contribution in [0.3, 0.4) is 0 Å². The number of aliphatic hydroxyl groups is 1. The summed E-state index contributed by atoms with van der Waals surface area (Å²) in [5, 5.41) is 23.9. The van der Waals surface area contributed by atoms with Crippen LogP contribution in [0.25, 0.3) is 0 Å². The van der Waals surface area contributed by atoms with Crippen molar-refractivity contribution in [2.45, 2.75) is 61.9 Å². The maximum Gasteiger partial charge on any atom is 0.421 e. The Morgan fingerprint density at radius 2 is 1.62 bits per heavy atom. The Labute approximate surface area is 393 Å². The molecule has 6 atom stereocenters. The number of esters is 1. The number of anilines is 1. The van der Waals surface area contributed by atoms with Crippen LogP contribution in [-0.4, -0.2) is 64.6 Å². The number of morpholine rings is 1. The van der Waals surface area contributed by atoms with E-state index in [-0.39, 0.29) is 43.3 Å². The van der Waals surface area contributed by atoms with Crippen molar-refractivity contribution < 1.29 is 43.4 Å². The van der Waals surface area contributed by atoms with Crippen LogP contribution in [0.2, 0.25) is 0 Å². The summed E-state index contributed by atoms with van der Waals surface area (Å²) < 4.78 is 18.2. The molecule has 0 radical (unpaired) electrons. The fourth-order valence-electron chi connectivity index (χ4n) is 10.2. The lowest BCUT2D eigenvalue weighted by Gasteiger charge is -2.46. The molecule has 2 saturated heterocycles. The van der Waals surface area contributed by atoms with Crippen LogP contribution in [0.5, 0.6) is 5.75 Å². The molecule has 68 heavy (non-hydrogen) atoms. The molecule has 0 saturated carbocycles. The molecule has 5 aromatic rings. The molecule has 1 spiro atoms. The van der Waals surface area contributed by atoms with Crippen LogP contribution in [-0.2, 0) is 35.9 Å². The van der Waals surface area contributed by atoms with E-state index in [1.807, 2.05) is 65.6 Å². The molecule has 3 heterocycles. The topological polar surface area (TPSA) is 178 Å². The first-order chi connectivity index (χ1) is 33.1. The highest BCUT2D eigenvalue weighted by Gasteiger charge is 2.75. The molecule has 14 heteroatoms. The summed E-state index contributed by atoms with van der Waals surface area (Å²) >= 11 is 0. The van der Waals surface area contributed by atoms with E-state index in [2.05, 4.69) is 29.8 Å². The Balaban J connectivity index is 1.30. The minimum absolute atomic E-state index is 0.00778. The van der Waals surface area contributed by atoms with Crippen LogP contribution in [0.4, 0.5) is 16.2 Å². The average molecular weight is 913 g/mol. The summed E-state index contributed by atoms with van der Waals surface area (Å²) in [4.78, 5) is 75.4. The molecule has 0 bridgehead atoms. The van der Waals surface area contributed by atoms with Crippen molar-refractivity contribution in [2.75, 3.05) is 24.7 Å². The standard InChI is InChI=1S/C54H48N4O10/c1-2-30-55-50(60)45-47-51(61)68-48(39-16-10-5-11-17-39)46(38-14-8-4-9-15-38)57(47)49(40-23-27-42(28-24-40)66-32-31-59)54(45)43-33-36(19-18-35-12-6-3-7-13-35)22-29-44(43)56(52(54)62)53(63)67-34-37-20-25-41(26-21-37)58(64)65/h2,4-5,8-12,14-17,20-29,33,45-49,59H,1,3,6-7,13,30-32,34H2,(H,55,60)/t45-,46-,47-,48+,49+,54-/m1/s1. The zero-order chi connectivity index (χ0) is 47.4. The number of carbonyl (C=O) groups excluding carboxylic acids is 4. The number of allylic oxidation sites excluding steroid dienone is 2. The molecule has 2 N–H and O–H groups in total. The van der Waals surface area contributed by atoms with Crippen molar-refractivity contribution in [1.82, 2.24) is 10.2 Å². The minimum atomic E-state index is -2.05. The van der Waals surface area contributed by atoms with E-state index >= 15 is 14.4 Å². The first-order valence-corrected chi connectivity index (χ1v) is 22.6. The van der Waals surface area contributed by atoms with Crippen molar-refractivity contribution in [2.24, 2.45) is 5.92 Å². The number of hydrogen-bond donors (Lipinski definition) is 2. The fraction of sp³-hybridized carbons (Fsp3) is 0.259.